The molecule has 3 atom stereocenters. The second kappa shape index (κ2) is 9.92. The maximum atomic E-state index is 13.0. The zero-order valence-electron chi connectivity index (χ0n) is 18.5. The predicted octanol–water partition coefficient (Wildman–Crippen LogP) is 3.00. The Labute approximate surface area is 174 Å². The Balaban J connectivity index is 2.01. The van der Waals surface area contributed by atoms with Gasteiger partial charge >= 0.3 is 11.9 Å². The number of nitrogens with one attached hydrogen (secondary N) is 1. The molecule has 0 radical (unpaired) electrons. The first kappa shape index (κ1) is 23.6. The second-order valence-corrected chi connectivity index (χ2v) is 9.31. The zero-order chi connectivity index (χ0) is 21.7. The fraction of sp³-hybridized carbons (Fsp3) is 0.864. The maximum Gasteiger partial charge on any atom is 0.314 e. The highest BCUT2D eigenvalue weighted by Gasteiger charge is 2.47. The summed E-state index contributed by atoms with van der Waals surface area (Å²) >= 11 is 0. The van der Waals surface area contributed by atoms with Gasteiger partial charge in [-0.3, -0.25) is 14.4 Å². The lowest BCUT2D eigenvalue weighted by molar-refractivity contribution is -0.164. The van der Waals surface area contributed by atoms with Crippen LogP contribution in [0.2, 0.25) is 0 Å². The molecular weight excluding hydrogens is 374 g/mol. The first-order valence-corrected chi connectivity index (χ1v) is 10.9. The fourth-order valence-corrected chi connectivity index (χ4v) is 4.32. The maximum absolute atomic E-state index is 13.0. The summed E-state index contributed by atoms with van der Waals surface area (Å²) in [6, 6.07) is -0.361. The van der Waals surface area contributed by atoms with E-state index in [4.69, 9.17) is 14.2 Å². The van der Waals surface area contributed by atoms with Gasteiger partial charge in [-0.25, -0.2) is 0 Å². The molecule has 0 aromatic heterocycles. The van der Waals surface area contributed by atoms with Gasteiger partial charge in [0.2, 0.25) is 5.91 Å². The minimum atomic E-state index is -0.761. The van der Waals surface area contributed by atoms with Gasteiger partial charge in [-0.05, 0) is 66.7 Å². The number of carbonyl (C=O) groups excluding carboxylic acids is 3. The molecule has 0 aromatic rings. The number of rotatable bonds is 6. The highest BCUT2D eigenvalue weighted by molar-refractivity contribution is 5.83. The number of carbonyl (C=O) groups is 3. The Kier molecular flexibility index (Phi) is 8.09. The van der Waals surface area contributed by atoms with Crippen LogP contribution in [0.5, 0.6) is 0 Å². The lowest BCUT2D eigenvalue weighted by Gasteiger charge is -2.40. The predicted molar refractivity (Wildman–Crippen MR) is 108 cm³/mol. The zero-order valence-corrected chi connectivity index (χ0v) is 18.5. The van der Waals surface area contributed by atoms with Crippen LogP contribution in [-0.4, -0.2) is 49.3 Å². The van der Waals surface area contributed by atoms with E-state index in [1.54, 1.807) is 6.92 Å². The van der Waals surface area contributed by atoms with E-state index >= 15 is 0 Å². The van der Waals surface area contributed by atoms with E-state index in [9.17, 15) is 14.4 Å². The van der Waals surface area contributed by atoms with Gasteiger partial charge in [0.15, 0.2) is 0 Å². The van der Waals surface area contributed by atoms with Crippen LogP contribution in [0.15, 0.2) is 0 Å². The van der Waals surface area contributed by atoms with Gasteiger partial charge in [-0.2, -0.15) is 0 Å². The van der Waals surface area contributed by atoms with E-state index < -0.39 is 11.0 Å². The molecular formula is C22H37NO6. The average Bonchev–Trinajstić information content (AvgIpc) is 2.67. The molecule has 0 bridgehead atoms. The van der Waals surface area contributed by atoms with Crippen molar-refractivity contribution in [1.82, 2.24) is 5.32 Å². The van der Waals surface area contributed by atoms with E-state index in [-0.39, 0.29) is 35.7 Å². The molecule has 1 amide bonds. The Bertz CT molecular complexity index is 591. The van der Waals surface area contributed by atoms with Gasteiger partial charge in [0.25, 0.3) is 0 Å². The number of hydrogen-bond donors (Lipinski definition) is 1. The van der Waals surface area contributed by atoms with Crippen molar-refractivity contribution < 1.29 is 28.6 Å². The molecule has 2 fully saturated rings. The van der Waals surface area contributed by atoms with Crippen LogP contribution >= 0.6 is 0 Å². The van der Waals surface area contributed by atoms with Crippen LogP contribution in [0.4, 0.5) is 0 Å². The van der Waals surface area contributed by atoms with E-state index in [1.165, 1.54) is 0 Å². The third kappa shape index (κ3) is 6.17. The highest BCUT2D eigenvalue weighted by Crippen LogP contribution is 2.37. The summed E-state index contributed by atoms with van der Waals surface area (Å²) in [7, 11) is 0. The van der Waals surface area contributed by atoms with Crippen molar-refractivity contribution in [2.75, 3.05) is 19.8 Å². The Hall–Kier alpha value is -1.63. The molecule has 166 valence electrons. The summed E-state index contributed by atoms with van der Waals surface area (Å²) in [5.74, 6) is -1.10. The largest absolute Gasteiger partial charge is 0.466 e. The van der Waals surface area contributed by atoms with E-state index in [1.807, 2.05) is 27.7 Å². The molecule has 0 spiro atoms. The summed E-state index contributed by atoms with van der Waals surface area (Å²) in [6.07, 6.45) is 3.85. The fourth-order valence-electron chi connectivity index (χ4n) is 4.32. The van der Waals surface area contributed by atoms with Crippen LogP contribution < -0.4 is 5.32 Å². The molecule has 7 heteroatoms. The Morgan fingerprint density at radius 2 is 1.76 bits per heavy atom. The minimum Gasteiger partial charge on any atom is -0.466 e. The van der Waals surface area contributed by atoms with Gasteiger partial charge in [-0.1, -0.05) is 6.42 Å². The summed E-state index contributed by atoms with van der Waals surface area (Å²) in [6.45, 7) is 10.5. The van der Waals surface area contributed by atoms with Crippen molar-refractivity contribution in [3.63, 3.8) is 0 Å². The summed E-state index contributed by atoms with van der Waals surface area (Å²) in [5, 5.41) is 3.06. The van der Waals surface area contributed by atoms with E-state index in [2.05, 4.69) is 5.32 Å². The number of ether oxygens (including phenoxy) is 3. The molecule has 7 nitrogen and oxygen atoms in total. The molecule has 1 heterocycles. The molecule has 1 aliphatic heterocycles. The number of hydrogen-bond acceptors (Lipinski definition) is 6. The Morgan fingerprint density at radius 3 is 2.34 bits per heavy atom. The van der Waals surface area contributed by atoms with Crippen LogP contribution in [0.25, 0.3) is 0 Å². The third-order valence-electron chi connectivity index (χ3n) is 6.04. The quantitative estimate of drug-likeness (QED) is 0.676. The number of esters is 2. The monoisotopic (exact) mass is 411 g/mol. The summed E-state index contributed by atoms with van der Waals surface area (Å²) in [5.41, 5.74) is -1.29. The second-order valence-electron chi connectivity index (χ2n) is 9.31. The van der Waals surface area contributed by atoms with Crippen molar-refractivity contribution >= 4 is 17.8 Å². The van der Waals surface area contributed by atoms with Crippen LogP contribution in [0.3, 0.4) is 0 Å². The van der Waals surface area contributed by atoms with Crippen LogP contribution in [0, 0.1) is 17.3 Å². The molecule has 1 N–H and O–H groups in total. The molecule has 2 rings (SSSR count). The van der Waals surface area contributed by atoms with Crippen molar-refractivity contribution in [3.05, 3.63) is 0 Å². The normalized spacial score (nSPS) is 25.6. The topological polar surface area (TPSA) is 90.9 Å². The average molecular weight is 412 g/mol. The molecule has 0 aromatic carbocycles. The van der Waals surface area contributed by atoms with Gasteiger partial charge in [-0.15, -0.1) is 0 Å². The Morgan fingerprint density at radius 1 is 1.14 bits per heavy atom. The molecule has 1 saturated carbocycles. The van der Waals surface area contributed by atoms with Crippen molar-refractivity contribution in [2.24, 2.45) is 17.3 Å². The molecule has 1 unspecified atom stereocenters. The number of amides is 1. The molecule has 2 aliphatic rings. The van der Waals surface area contributed by atoms with E-state index in [0.717, 1.165) is 19.3 Å². The van der Waals surface area contributed by atoms with Gasteiger partial charge in [0.1, 0.15) is 5.60 Å². The van der Waals surface area contributed by atoms with Crippen molar-refractivity contribution in [3.8, 4) is 0 Å². The third-order valence-corrected chi connectivity index (χ3v) is 6.04. The highest BCUT2D eigenvalue weighted by atomic mass is 16.6. The first-order valence-electron chi connectivity index (χ1n) is 10.9. The lowest BCUT2D eigenvalue weighted by atomic mass is 9.73. The molecule has 1 aliphatic carbocycles. The van der Waals surface area contributed by atoms with Crippen molar-refractivity contribution in [2.45, 2.75) is 84.8 Å². The first-order chi connectivity index (χ1) is 13.6. The lowest BCUT2D eigenvalue weighted by Crippen LogP contribution is -2.55. The van der Waals surface area contributed by atoms with Crippen LogP contribution in [-0.2, 0) is 28.6 Å². The minimum absolute atomic E-state index is 0.0964. The summed E-state index contributed by atoms with van der Waals surface area (Å²) < 4.78 is 16.3. The SMILES string of the molecule is CCOC(=O)C1(C(C)NC(=O)[C@@H]2CCC[C@H](C(=O)OC(C)(C)C)C2)CCOCC1. The molecule has 1 saturated heterocycles. The van der Waals surface area contributed by atoms with Gasteiger partial charge < -0.3 is 19.5 Å². The van der Waals surface area contributed by atoms with Gasteiger partial charge in [0, 0.05) is 25.2 Å². The smallest absolute Gasteiger partial charge is 0.314 e. The van der Waals surface area contributed by atoms with Crippen LogP contribution in [0.1, 0.15) is 73.1 Å². The summed E-state index contributed by atoms with van der Waals surface area (Å²) in [4.78, 5) is 38.1. The molecule has 29 heavy (non-hydrogen) atoms. The van der Waals surface area contributed by atoms with E-state index in [0.29, 0.717) is 39.1 Å². The standard InChI is InChI=1S/C22H37NO6/c1-6-28-20(26)22(10-12-27-13-11-22)15(2)23-18(24)16-8-7-9-17(14-16)19(25)29-21(3,4)5/h15-17H,6-14H2,1-5H3,(H,23,24)/t15?,16-,17+/m1/s1. The van der Waals surface area contributed by atoms with Crippen molar-refractivity contribution in [1.29, 1.82) is 0 Å². The van der Waals surface area contributed by atoms with Gasteiger partial charge in [0.05, 0.1) is 17.9 Å².